The molecule has 1 amide bonds. The molecule has 0 aliphatic rings. The maximum absolute atomic E-state index is 13.5. The average molecular weight is 415 g/mol. The van der Waals surface area contributed by atoms with Crippen LogP contribution in [0, 0.1) is 11.7 Å². The van der Waals surface area contributed by atoms with Crippen LogP contribution in [0.4, 0.5) is 10.1 Å². The summed E-state index contributed by atoms with van der Waals surface area (Å²) in [5, 5.41) is 2.71. The number of rotatable bonds is 7. The second kappa shape index (κ2) is 9.76. The Morgan fingerprint density at radius 1 is 0.742 bits per heavy atom. The van der Waals surface area contributed by atoms with Crippen molar-refractivity contribution in [3.05, 3.63) is 107 Å². The number of halogens is 1. The quantitative estimate of drug-likeness (QED) is 0.246. The zero-order valence-electron chi connectivity index (χ0n) is 17.3. The van der Waals surface area contributed by atoms with Gasteiger partial charge in [-0.3, -0.25) is 14.4 Å². The fourth-order valence-electron chi connectivity index (χ4n) is 3.09. The smallest absolute Gasteiger partial charge is 0.260 e. The van der Waals surface area contributed by atoms with Crippen molar-refractivity contribution in [3.63, 3.8) is 0 Å². The molecule has 3 aromatic carbocycles. The molecule has 0 heterocycles. The molecule has 0 unspecified atom stereocenters. The molecule has 0 spiro atoms. The van der Waals surface area contributed by atoms with Gasteiger partial charge in [-0.25, -0.2) is 4.39 Å². The van der Waals surface area contributed by atoms with Crippen molar-refractivity contribution in [1.29, 1.82) is 0 Å². The largest absolute Gasteiger partial charge is 0.322 e. The van der Waals surface area contributed by atoms with Crippen molar-refractivity contribution in [3.8, 4) is 0 Å². The van der Waals surface area contributed by atoms with Crippen LogP contribution in [-0.2, 0) is 9.59 Å². The third-order valence-electron chi connectivity index (χ3n) is 4.68. The van der Waals surface area contributed by atoms with E-state index in [-0.39, 0.29) is 16.7 Å². The van der Waals surface area contributed by atoms with E-state index in [1.54, 1.807) is 74.5 Å². The zero-order chi connectivity index (χ0) is 22.4. The van der Waals surface area contributed by atoms with Gasteiger partial charge in [0, 0.05) is 22.7 Å². The van der Waals surface area contributed by atoms with Crippen molar-refractivity contribution < 1.29 is 18.8 Å². The molecule has 0 bridgehead atoms. The SMILES string of the molecule is CC(C)C(=O)/C(C(=O)Nc1ccccc1)=C(\C(=O)c1ccc(F)cc1)c1ccccc1. The highest BCUT2D eigenvalue weighted by Crippen LogP contribution is 2.27. The van der Waals surface area contributed by atoms with E-state index in [1.807, 2.05) is 0 Å². The monoisotopic (exact) mass is 415 g/mol. The van der Waals surface area contributed by atoms with Gasteiger partial charge in [0.2, 0.25) is 0 Å². The summed E-state index contributed by atoms with van der Waals surface area (Å²) >= 11 is 0. The number of ketones is 2. The molecule has 0 aromatic heterocycles. The van der Waals surface area contributed by atoms with Gasteiger partial charge in [0.05, 0.1) is 5.57 Å². The van der Waals surface area contributed by atoms with Crippen LogP contribution in [0.5, 0.6) is 0 Å². The van der Waals surface area contributed by atoms with Crippen LogP contribution in [0.2, 0.25) is 0 Å². The number of para-hydroxylation sites is 1. The highest BCUT2D eigenvalue weighted by atomic mass is 19.1. The highest BCUT2D eigenvalue weighted by Gasteiger charge is 2.30. The number of benzene rings is 3. The number of carbonyl (C=O) groups is 3. The molecule has 0 radical (unpaired) electrons. The summed E-state index contributed by atoms with van der Waals surface area (Å²) in [6, 6.07) is 22.3. The molecule has 0 fully saturated rings. The Bertz CT molecular complexity index is 1120. The van der Waals surface area contributed by atoms with Crippen LogP contribution < -0.4 is 5.32 Å². The maximum Gasteiger partial charge on any atom is 0.260 e. The number of hydrogen-bond donors (Lipinski definition) is 1. The van der Waals surface area contributed by atoms with Gasteiger partial charge in [-0.2, -0.15) is 0 Å². The molecule has 0 saturated heterocycles. The summed E-state index contributed by atoms with van der Waals surface area (Å²) in [5.41, 5.74) is 0.882. The lowest BCUT2D eigenvalue weighted by Crippen LogP contribution is -2.27. The van der Waals surface area contributed by atoms with E-state index >= 15 is 0 Å². The van der Waals surface area contributed by atoms with Gasteiger partial charge in [-0.15, -0.1) is 0 Å². The van der Waals surface area contributed by atoms with Crippen LogP contribution >= 0.6 is 0 Å². The van der Waals surface area contributed by atoms with Gasteiger partial charge in [-0.1, -0.05) is 62.4 Å². The summed E-state index contributed by atoms with van der Waals surface area (Å²) in [5.74, 6) is -2.65. The third-order valence-corrected chi connectivity index (χ3v) is 4.68. The lowest BCUT2D eigenvalue weighted by molar-refractivity contribution is -0.121. The van der Waals surface area contributed by atoms with E-state index in [0.29, 0.717) is 11.3 Å². The Morgan fingerprint density at radius 2 is 1.29 bits per heavy atom. The van der Waals surface area contributed by atoms with Crippen LogP contribution in [0.1, 0.15) is 29.8 Å². The lowest BCUT2D eigenvalue weighted by atomic mass is 9.87. The zero-order valence-corrected chi connectivity index (χ0v) is 17.3. The predicted octanol–water partition coefficient (Wildman–Crippen LogP) is 5.33. The molecular weight excluding hydrogens is 393 g/mol. The number of allylic oxidation sites excluding steroid dienone is 1. The van der Waals surface area contributed by atoms with Gasteiger partial charge in [0.1, 0.15) is 5.82 Å². The Morgan fingerprint density at radius 3 is 1.84 bits per heavy atom. The molecule has 31 heavy (non-hydrogen) atoms. The predicted molar refractivity (Wildman–Crippen MR) is 119 cm³/mol. The molecule has 0 saturated carbocycles. The number of hydrogen-bond acceptors (Lipinski definition) is 3. The molecular formula is C26H22FNO3. The van der Waals surface area contributed by atoms with Crippen molar-refractivity contribution in [2.75, 3.05) is 5.32 Å². The molecule has 3 aromatic rings. The topological polar surface area (TPSA) is 63.2 Å². The van der Waals surface area contributed by atoms with Crippen molar-refractivity contribution in [1.82, 2.24) is 0 Å². The van der Waals surface area contributed by atoms with E-state index in [0.717, 1.165) is 0 Å². The highest BCUT2D eigenvalue weighted by molar-refractivity contribution is 6.41. The third kappa shape index (κ3) is 5.20. The second-order valence-electron chi connectivity index (χ2n) is 7.29. The Labute approximate surface area is 180 Å². The van der Waals surface area contributed by atoms with E-state index in [1.165, 1.54) is 24.3 Å². The number of anilines is 1. The lowest BCUT2D eigenvalue weighted by Gasteiger charge is -2.16. The van der Waals surface area contributed by atoms with Crippen LogP contribution in [0.3, 0.4) is 0 Å². The first-order valence-corrected chi connectivity index (χ1v) is 9.89. The van der Waals surface area contributed by atoms with E-state index in [9.17, 15) is 18.8 Å². The molecule has 0 aliphatic heterocycles. The van der Waals surface area contributed by atoms with Crippen LogP contribution in [0.15, 0.2) is 90.5 Å². The van der Waals surface area contributed by atoms with E-state index in [4.69, 9.17) is 0 Å². The van der Waals surface area contributed by atoms with Crippen molar-refractivity contribution in [2.45, 2.75) is 13.8 Å². The molecule has 3 rings (SSSR count). The number of carbonyl (C=O) groups excluding carboxylic acids is 3. The first kappa shape index (κ1) is 21.8. The molecule has 0 aliphatic carbocycles. The van der Waals surface area contributed by atoms with Crippen molar-refractivity contribution >= 4 is 28.7 Å². The fraction of sp³-hybridized carbons (Fsp3) is 0.115. The van der Waals surface area contributed by atoms with Gasteiger partial charge < -0.3 is 5.32 Å². The minimum Gasteiger partial charge on any atom is -0.322 e. The van der Waals surface area contributed by atoms with Crippen molar-refractivity contribution in [2.24, 2.45) is 5.92 Å². The average Bonchev–Trinajstić information content (AvgIpc) is 2.78. The second-order valence-corrected chi connectivity index (χ2v) is 7.29. The first-order valence-electron chi connectivity index (χ1n) is 9.89. The molecule has 5 heteroatoms. The van der Waals surface area contributed by atoms with Gasteiger partial charge in [-0.05, 0) is 42.0 Å². The number of Topliss-reactive ketones (excluding diaryl/α,β-unsaturated/α-hetero) is 2. The Kier molecular flexibility index (Phi) is 6.88. The molecule has 4 nitrogen and oxygen atoms in total. The Hall–Kier alpha value is -3.86. The van der Waals surface area contributed by atoms with E-state index < -0.39 is 29.2 Å². The van der Waals surface area contributed by atoms with Crippen LogP contribution in [-0.4, -0.2) is 17.5 Å². The maximum atomic E-state index is 13.5. The summed E-state index contributed by atoms with van der Waals surface area (Å²) in [4.78, 5) is 39.9. The number of amides is 1. The van der Waals surface area contributed by atoms with E-state index in [2.05, 4.69) is 5.32 Å². The van der Waals surface area contributed by atoms with Gasteiger partial charge in [0.25, 0.3) is 5.91 Å². The van der Waals surface area contributed by atoms with Crippen LogP contribution in [0.25, 0.3) is 5.57 Å². The van der Waals surface area contributed by atoms with Gasteiger partial charge in [0.15, 0.2) is 11.6 Å². The summed E-state index contributed by atoms with van der Waals surface area (Å²) < 4.78 is 13.4. The molecule has 0 atom stereocenters. The normalized spacial score (nSPS) is 11.6. The first-order chi connectivity index (χ1) is 14.9. The molecule has 156 valence electrons. The minimum atomic E-state index is -0.667. The Balaban J connectivity index is 2.22. The van der Waals surface area contributed by atoms with Gasteiger partial charge >= 0.3 is 0 Å². The number of nitrogens with one attached hydrogen (secondary N) is 1. The fourth-order valence-corrected chi connectivity index (χ4v) is 3.09. The summed E-state index contributed by atoms with van der Waals surface area (Å²) in [7, 11) is 0. The summed E-state index contributed by atoms with van der Waals surface area (Å²) in [6.45, 7) is 3.34. The molecule has 1 N–H and O–H groups in total. The summed E-state index contributed by atoms with van der Waals surface area (Å²) in [6.07, 6.45) is 0. The minimum absolute atomic E-state index is 0.0145. The standard InChI is InChI=1S/C26H22FNO3/c1-17(2)24(29)23(26(31)28-21-11-7-4-8-12-21)22(18-9-5-3-6-10-18)25(30)19-13-15-20(27)16-14-19/h3-17H,1-2H3,(H,28,31)/b23-22+.